The summed E-state index contributed by atoms with van der Waals surface area (Å²) in [4.78, 5) is 3.96. The van der Waals surface area contributed by atoms with Crippen molar-refractivity contribution >= 4 is 16.0 Å². The van der Waals surface area contributed by atoms with Crippen LogP contribution in [0.15, 0.2) is 4.99 Å². The molecule has 0 amide bonds. The van der Waals surface area contributed by atoms with Crippen LogP contribution in [-0.4, -0.2) is 40.3 Å². The van der Waals surface area contributed by atoms with Gasteiger partial charge in [-0.1, -0.05) is 6.92 Å². The molecular formula is C7H18N4O2S. The number of rotatable bonds is 6. The van der Waals surface area contributed by atoms with E-state index in [0.717, 1.165) is 6.42 Å². The van der Waals surface area contributed by atoms with Crippen molar-refractivity contribution in [1.82, 2.24) is 10.0 Å². The monoisotopic (exact) mass is 222 g/mol. The summed E-state index contributed by atoms with van der Waals surface area (Å²) >= 11 is 0. The van der Waals surface area contributed by atoms with Gasteiger partial charge in [-0.25, -0.2) is 13.1 Å². The smallest absolute Gasteiger partial charge is 0.213 e. The van der Waals surface area contributed by atoms with E-state index in [1.807, 2.05) is 6.92 Å². The van der Waals surface area contributed by atoms with E-state index in [1.165, 1.54) is 7.05 Å². The van der Waals surface area contributed by atoms with E-state index in [9.17, 15) is 8.42 Å². The van der Waals surface area contributed by atoms with Crippen molar-refractivity contribution in [3.63, 3.8) is 0 Å². The van der Waals surface area contributed by atoms with Gasteiger partial charge < -0.3 is 11.1 Å². The van der Waals surface area contributed by atoms with E-state index in [-0.39, 0.29) is 18.3 Å². The Hall–Kier alpha value is -0.820. The first-order chi connectivity index (χ1) is 6.52. The molecule has 0 aromatic carbocycles. The molecule has 0 aliphatic carbocycles. The summed E-state index contributed by atoms with van der Waals surface area (Å²) < 4.78 is 24.1. The van der Waals surface area contributed by atoms with Crippen molar-refractivity contribution in [1.29, 1.82) is 0 Å². The molecule has 0 fully saturated rings. The predicted octanol–water partition coefficient (Wildman–Crippen LogP) is -1.15. The first-order valence-electron chi connectivity index (χ1n) is 4.47. The maximum Gasteiger partial charge on any atom is 0.213 e. The minimum atomic E-state index is -3.16. The highest BCUT2D eigenvalue weighted by molar-refractivity contribution is 7.89. The molecule has 84 valence electrons. The second-order valence-corrected chi connectivity index (χ2v) is 4.76. The van der Waals surface area contributed by atoms with Gasteiger partial charge in [0.1, 0.15) is 0 Å². The molecular weight excluding hydrogens is 204 g/mol. The first-order valence-corrected chi connectivity index (χ1v) is 6.12. The summed E-state index contributed by atoms with van der Waals surface area (Å²) in [7, 11) is -1.78. The van der Waals surface area contributed by atoms with Gasteiger partial charge in [0.05, 0.1) is 5.75 Å². The van der Waals surface area contributed by atoms with Gasteiger partial charge >= 0.3 is 0 Å². The maximum atomic E-state index is 11.0. The van der Waals surface area contributed by atoms with Gasteiger partial charge in [-0.05, 0) is 13.5 Å². The van der Waals surface area contributed by atoms with Crippen LogP contribution in [0.4, 0.5) is 0 Å². The molecule has 0 radical (unpaired) electrons. The SMILES string of the molecule is CCCN=C(N)NCCS(=O)(=O)NC. The molecule has 0 heterocycles. The van der Waals surface area contributed by atoms with Gasteiger partial charge in [-0.15, -0.1) is 0 Å². The van der Waals surface area contributed by atoms with Gasteiger partial charge in [0.2, 0.25) is 10.0 Å². The zero-order valence-electron chi connectivity index (χ0n) is 8.58. The van der Waals surface area contributed by atoms with Crippen LogP contribution < -0.4 is 15.8 Å². The Morgan fingerprint density at radius 3 is 2.64 bits per heavy atom. The quantitative estimate of drug-likeness (QED) is 0.390. The van der Waals surface area contributed by atoms with Crippen LogP contribution in [0.3, 0.4) is 0 Å². The molecule has 0 aromatic heterocycles. The highest BCUT2D eigenvalue weighted by Gasteiger charge is 2.05. The topological polar surface area (TPSA) is 96.6 Å². The Morgan fingerprint density at radius 1 is 1.50 bits per heavy atom. The Bertz CT molecular complexity index is 273. The van der Waals surface area contributed by atoms with Gasteiger partial charge in [0, 0.05) is 13.1 Å². The summed E-state index contributed by atoms with van der Waals surface area (Å²) in [5.74, 6) is 0.282. The molecule has 0 spiro atoms. The summed E-state index contributed by atoms with van der Waals surface area (Å²) in [6.45, 7) is 2.90. The molecule has 0 bridgehead atoms. The van der Waals surface area contributed by atoms with Crippen molar-refractivity contribution in [2.24, 2.45) is 10.7 Å². The fourth-order valence-corrected chi connectivity index (χ4v) is 1.28. The molecule has 6 nitrogen and oxygen atoms in total. The molecule has 0 aliphatic heterocycles. The van der Waals surface area contributed by atoms with Crippen LogP contribution in [0.5, 0.6) is 0 Å². The summed E-state index contributed by atoms with van der Waals surface area (Å²) in [5, 5.41) is 2.72. The maximum absolute atomic E-state index is 11.0. The fourth-order valence-electron chi connectivity index (χ4n) is 0.704. The Morgan fingerprint density at radius 2 is 2.14 bits per heavy atom. The molecule has 0 atom stereocenters. The number of nitrogens with zero attached hydrogens (tertiary/aromatic N) is 1. The van der Waals surface area contributed by atoms with Gasteiger partial charge in [0.25, 0.3) is 0 Å². The lowest BCUT2D eigenvalue weighted by molar-refractivity contribution is 0.587. The van der Waals surface area contributed by atoms with E-state index in [0.29, 0.717) is 6.54 Å². The van der Waals surface area contributed by atoms with E-state index in [1.54, 1.807) is 0 Å². The lowest BCUT2D eigenvalue weighted by atomic mass is 10.5. The highest BCUT2D eigenvalue weighted by Crippen LogP contribution is 1.80. The standard InChI is InChI=1S/C7H18N4O2S/c1-3-4-10-7(8)11-5-6-14(12,13)9-2/h9H,3-6H2,1-2H3,(H3,8,10,11). The van der Waals surface area contributed by atoms with Crippen molar-refractivity contribution in [2.45, 2.75) is 13.3 Å². The number of nitrogens with two attached hydrogens (primary N) is 1. The van der Waals surface area contributed by atoms with Crippen LogP contribution in [0.1, 0.15) is 13.3 Å². The van der Waals surface area contributed by atoms with Crippen LogP contribution in [-0.2, 0) is 10.0 Å². The Labute approximate surface area is 85.0 Å². The Kier molecular flexibility index (Phi) is 6.22. The van der Waals surface area contributed by atoms with E-state index in [4.69, 9.17) is 5.73 Å². The fraction of sp³-hybridized carbons (Fsp3) is 0.857. The average Bonchev–Trinajstić information content (AvgIpc) is 2.14. The number of nitrogens with one attached hydrogen (secondary N) is 2. The largest absolute Gasteiger partial charge is 0.370 e. The zero-order chi connectivity index (χ0) is 11.0. The third kappa shape index (κ3) is 6.67. The second-order valence-electron chi connectivity index (χ2n) is 2.72. The first kappa shape index (κ1) is 13.2. The minimum Gasteiger partial charge on any atom is -0.370 e. The number of hydrogen-bond acceptors (Lipinski definition) is 3. The van der Waals surface area contributed by atoms with Crippen LogP contribution in [0.2, 0.25) is 0 Å². The average molecular weight is 222 g/mol. The highest BCUT2D eigenvalue weighted by atomic mass is 32.2. The molecule has 4 N–H and O–H groups in total. The molecule has 0 aliphatic rings. The molecule has 0 aromatic rings. The third-order valence-corrected chi connectivity index (χ3v) is 2.86. The third-order valence-electron chi connectivity index (χ3n) is 1.49. The van der Waals surface area contributed by atoms with E-state index in [2.05, 4.69) is 15.0 Å². The number of aliphatic imine (C=N–C) groups is 1. The number of sulfonamides is 1. The molecule has 0 rings (SSSR count). The van der Waals surface area contributed by atoms with Gasteiger partial charge in [0.15, 0.2) is 5.96 Å². The molecule has 0 unspecified atom stereocenters. The van der Waals surface area contributed by atoms with Crippen LogP contribution in [0, 0.1) is 0 Å². The zero-order valence-corrected chi connectivity index (χ0v) is 9.39. The van der Waals surface area contributed by atoms with Crippen molar-refractivity contribution in [2.75, 3.05) is 25.9 Å². The van der Waals surface area contributed by atoms with E-state index >= 15 is 0 Å². The van der Waals surface area contributed by atoms with Crippen LogP contribution in [0.25, 0.3) is 0 Å². The van der Waals surface area contributed by atoms with Crippen molar-refractivity contribution in [3.05, 3.63) is 0 Å². The van der Waals surface area contributed by atoms with Crippen molar-refractivity contribution < 1.29 is 8.42 Å². The van der Waals surface area contributed by atoms with Crippen LogP contribution >= 0.6 is 0 Å². The summed E-state index contributed by atoms with van der Waals surface area (Å²) in [6.07, 6.45) is 0.914. The molecule has 0 saturated carbocycles. The van der Waals surface area contributed by atoms with Gasteiger partial charge in [-0.3, -0.25) is 4.99 Å². The predicted molar refractivity (Wildman–Crippen MR) is 57.6 cm³/mol. The summed E-state index contributed by atoms with van der Waals surface area (Å²) in [5.41, 5.74) is 5.45. The number of hydrogen-bond donors (Lipinski definition) is 3. The normalized spacial score (nSPS) is 12.9. The van der Waals surface area contributed by atoms with Crippen molar-refractivity contribution in [3.8, 4) is 0 Å². The lowest BCUT2D eigenvalue weighted by Gasteiger charge is -2.05. The lowest BCUT2D eigenvalue weighted by Crippen LogP contribution is -2.37. The van der Waals surface area contributed by atoms with Gasteiger partial charge in [-0.2, -0.15) is 0 Å². The minimum absolute atomic E-state index is 0.00809. The Balaban J connectivity index is 3.74. The number of guanidine groups is 1. The molecule has 0 saturated heterocycles. The molecule has 7 heteroatoms. The van der Waals surface area contributed by atoms with E-state index < -0.39 is 10.0 Å². The molecule has 14 heavy (non-hydrogen) atoms. The summed E-state index contributed by atoms with van der Waals surface area (Å²) in [6, 6.07) is 0. The second kappa shape index (κ2) is 6.61.